The molecule has 0 spiro atoms. The zero-order valence-corrected chi connectivity index (χ0v) is 17.9. The maximum Gasteiger partial charge on any atom is 0.317 e. The van der Waals surface area contributed by atoms with Crippen LogP contribution in [0.25, 0.3) is 10.9 Å². The van der Waals surface area contributed by atoms with E-state index in [1.807, 2.05) is 18.7 Å². The van der Waals surface area contributed by atoms with Crippen molar-refractivity contribution in [2.24, 2.45) is 0 Å². The van der Waals surface area contributed by atoms with Crippen molar-refractivity contribution in [2.75, 3.05) is 26.7 Å². The third-order valence-corrected chi connectivity index (χ3v) is 6.87. The van der Waals surface area contributed by atoms with E-state index in [1.54, 1.807) is 0 Å². The van der Waals surface area contributed by atoms with Crippen LogP contribution in [0.4, 0.5) is 4.79 Å². The van der Waals surface area contributed by atoms with E-state index < -0.39 is 0 Å². The number of carbonyl (C=O) groups is 1. The van der Waals surface area contributed by atoms with Crippen molar-refractivity contribution in [3.05, 3.63) is 35.0 Å². The average molecular weight is 383 g/mol. The minimum absolute atomic E-state index is 0.0704. The topological polar surface area (TPSA) is 51.4 Å². The van der Waals surface area contributed by atoms with Gasteiger partial charge >= 0.3 is 6.03 Å². The molecular formula is C23H34N4O. The first-order valence-electron chi connectivity index (χ1n) is 10.8. The Bertz CT molecular complexity index is 867. The van der Waals surface area contributed by atoms with Crippen LogP contribution in [0.5, 0.6) is 0 Å². The molecule has 0 radical (unpaired) electrons. The summed E-state index contributed by atoms with van der Waals surface area (Å²) in [6, 6.07) is 5.53. The van der Waals surface area contributed by atoms with Crippen molar-refractivity contribution in [3.8, 4) is 0 Å². The summed E-state index contributed by atoms with van der Waals surface area (Å²) in [5.41, 5.74) is 5.58. The Kier molecular flexibility index (Phi) is 5.13. The van der Waals surface area contributed by atoms with E-state index >= 15 is 0 Å². The molecule has 1 fully saturated rings. The molecule has 1 aromatic carbocycles. The number of hydrogen-bond acceptors (Lipinski definition) is 2. The summed E-state index contributed by atoms with van der Waals surface area (Å²) in [6.07, 6.45) is 4.31. The van der Waals surface area contributed by atoms with Crippen LogP contribution < -0.4 is 5.32 Å². The van der Waals surface area contributed by atoms with Gasteiger partial charge in [0.1, 0.15) is 0 Å². The molecule has 0 bridgehead atoms. The molecule has 1 aliphatic heterocycles. The van der Waals surface area contributed by atoms with Gasteiger partial charge in [-0.3, -0.25) is 0 Å². The van der Waals surface area contributed by atoms with Gasteiger partial charge in [-0.25, -0.2) is 4.79 Å². The number of likely N-dealkylation sites (tertiary alicyclic amines) is 1. The molecule has 2 heterocycles. The molecule has 1 aliphatic carbocycles. The van der Waals surface area contributed by atoms with Gasteiger partial charge in [-0.2, -0.15) is 0 Å². The van der Waals surface area contributed by atoms with E-state index in [9.17, 15) is 4.79 Å². The highest BCUT2D eigenvalue weighted by Crippen LogP contribution is 2.44. The Labute approximate surface area is 168 Å². The average Bonchev–Trinajstić information content (AvgIpc) is 3.07. The van der Waals surface area contributed by atoms with Crippen LogP contribution in [0.3, 0.4) is 0 Å². The quantitative estimate of drug-likeness (QED) is 0.838. The molecule has 4 rings (SSSR count). The molecule has 1 unspecified atom stereocenters. The second-order valence-electron chi connectivity index (χ2n) is 8.87. The molecular weight excluding hydrogens is 348 g/mol. The van der Waals surface area contributed by atoms with Gasteiger partial charge < -0.3 is 20.1 Å². The monoisotopic (exact) mass is 382 g/mol. The number of hydrogen-bond donors (Lipinski definition) is 2. The summed E-state index contributed by atoms with van der Waals surface area (Å²) >= 11 is 0. The first-order valence-corrected chi connectivity index (χ1v) is 10.8. The van der Waals surface area contributed by atoms with Gasteiger partial charge in [0.05, 0.1) is 0 Å². The van der Waals surface area contributed by atoms with Crippen LogP contribution >= 0.6 is 0 Å². The Morgan fingerprint density at radius 3 is 2.75 bits per heavy atom. The number of nitrogens with zero attached hydrogens (tertiary/aromatic N) is 2. The van der Waals surface area contributed by atoms with Crippen molar-refractivity contribution < 1.29 is 4.79 Å². The fraction of sp³-hybridized carbons (Fsp3) is 0.609. The first-order chi connectivity index (χ1) is 13.4. The highest BCUT2D eigenvalue weighted by Gasteiger charge is 2.40. The zero-order chi connectivity index (χ0) is 20.0. The number of urea groups is 1. The van der Waals surface area contributed by atoms with Crippen molar-refractivity contribution >= 4 is 16.9 Å². The molecule has 5 nitrogen and oxygen atoms in total. The third-order valence-electron chi connectivity index (χ3n) is 6.87. The molecule has 2 aromatic rings. The molecule has 28 heavy (non-hydrogen) atoms. The standard InChI is InChI=1S/C23H34N4O/c1-6-27(7-2)23(28)25-17-11-18-19-8-15(14(3)4)9-20-22(19)16(12-24-20)10-21(18)26(5)13-17/h8-9,12,14,17-18,21,24H,6-7,10-11,13H2,1-5H3,(H,25,28)/t17-,18?,21+/m0/s1. The summed E-state index contributed by atoms with van der Waals surface area (Å²) in [5.74, 6) is 0.970. The summed E-state index contributed by atoms with van der Waals surface area (Å²) in [6.45, 7) is 11.0. The number of nitrogens with one attached hydrogen (secondary N) is 2. The number of likely N-dealkylation sites (N-methyl/N-ethyl adjacent to an activating group) is 1. The van der Waals surface area contributed by atoms with Gasteiger partial charge in [0, 0.05) is 54.7 Å². The number of carbonyl (C=O) groups excluding carboxylic acids is 1. The van der Waals surface area contributed by atoms with E-state index in [4.69, 9.17) is 0 Å². The largest absolute Gasteiger partial charge is 0.361 e. The van der Waals surface area contributed by atoms with Crippen LogP contribution in [0.2, 0.25) is 0 Å². The van der Waals surface area contributed by atoms with Gasteiger partial charge in [0.25, 0.3) is 0 Å². The Morgan fingerprint density at radius 1 is 1.32 bits per heavy atom. The summed E-state index contributed by atoms with van der Waals surface area (Å²) in [5, 5.41) is 4.73. The van der Waals surface area contributed by atoms with E-state index in [0.29, 0.717) is 17.9 Å². The van der Waals surface area contributed by atoms with E-state index in [0.717, 1.165) is 32.5 Å². The van der Waals surface area contributed by atoms with Crippen molar-refractivity contribution in [3.63, 3.8) is 0 Å². The van der Waals surface area contributed by atoms with Gasteiger partial charge in [-0.1, -0.05) is 19.9 Å². The smallest absolute Gasteiger partial charge is 0.317 e. The van der Waals surface area contributed by atoms with Gasteiger partial charge in [-0.15, -0.1) is 0 Å². The summed E-state index contributed by atoms with van der Waals surface area (Å²) < 4.78 is 0. The minimum atomic E-state index is 0.0704. The van der Waals surface area contributed by atoms with Gasteiger partial charge in [0.15, 0.2) is 0 Å². The van der Waals surface area contributed by atoms with Crippen molar-refractivity contribution in [1.29, 1.82) is 0 Å². The molecule has 1 aromatic heterocycles. The van der Waals surface area contributed by atoms with Crippen molar-refractivity contribution in [1.82, 2.24) is 20.1 Å². The van der Waals surface area contributed by atoms with Gasteiger partial charge in [-0.05, 0) is 62.4 Å². The SMILES string of the molecule is CCN(CC)C(=O)N[C@H]1CC2c3cc(C(C)C)cc4[nH]cc(c34)C[C@H]2N(C)C1. The fourth-order valence-electron chi connectivity index (χ4n) is 5.25. The lowest BCUT2D eigenvalue weighted by molar-refractivity contribution is 0.124. The van der Waals surface area contributed by atoms with Gasteiger partial charge in [0.2, 0.25) is 0 Å². The lowest BCUT2D eigenvalue weighted by Crippen LogP contribution is -2.56. The Hall–Kier alpha value is -2.01. The third kappa shape index (κ3) is 3.20. The van der Waals surface area contributed by atoms with E-state index in [-0.39, 0.29) is 12.1 Å². The maximum atomic E-state index is 12.6. The van der Waals surface area contributed by atoms with Crippen LogP contribution in [-0.4, -0.2) is 59.6 Å². The number of amides is 2. The zero-order valence-electron chi connectivity index (χ0n) is 17.9. The fourth-order valence-corrected chi connectivity index (χ4v) is 5.25. The lowest BCUT2D eigenvalue weighted by Gasteiger charge is -2.46. The normalized spacial score (nSPS) is 24.4. The Balaban J connectivity index is 1.66. The molecule has 2 amide bonds. The van der Waals surface area contributed by atoms with E-state index in [1.165, 1.54) is 27.6 Å². The number of fused-ring (bicyclic) bond motifs is 2. The predicted molar refractivity (Wildman–Crippen MR) is 115 cm³/mol. The molecule has 1 saturated heterocycles. The molecule has 2 aliphatic rings. The molecule has 0 saturated carbocycles. The van der Waals surface area contributed by atoms with Crippen LogP contribution in [0.15, 0.2) is 18.3 Å². The number of aromatic amines is 1. The molecule has 5 heteroatoms. The highest BCUT2D eigenvalue weighted by atomic mass is 16.2. The van der Waals surface area contributed by atoms with Crippen LogP contribution in [-0.2, 0) is 6.42 Å². The number of rotatable bonds is 4. The summed E-state index contributed by atoms with van der Waals surface area (Å²) in [7, 11) is 2.22. The van der Waals surface area contributed by atoms with Crippen LogP contribution in [0.1, 0.15) is 62.6 Å². The lowest BCUT2D eigenvalue weighted by atomic mass is 9.73. The summed E-state index contributed by atoms with van der Waals surface area (Å²) in [4.78, 5) is 20.5. The second-order valence-corrected chi connectivity index (χ2v) is 8.87. The molecule has 2 N–H and O–H groups in total. The number of aromatic nitrogens is 1. The number of benzene rings is 1. The molecule has 3 atom stereocenters. The second kappa shape index (κ2) is 7.43. The number of H-pyrrole nitrogens is 1. The van der Waals surface area contributed by atoms with Crippen LogP contribution in [0, 0.1) is 0 Å². The minimum Gasteiger partial charge on any atom is -0.361 e. The van der Waals surface area contributed by atoms with Crippen molar-refractivity contribution in [2.45, 2.75) is 64.5 Å². The molecule has 152 valence electrons. The Morgan fingerprint density at radius 2 is 2.07 bits per heavy atom. The predicted octanol–water partition coefficient (Wildman–Crippen LogP) is 4.06. The van der Waals surface area contributed by atoms with E-state index in [2.05, 4.69) is 54.4 Å². The number of piperidine rings is 1. The first kappa shape index (κ1) is 19.3. The maximum absolute atomic E-state index is 12.6. The highest BCUT2D eigenvalue weighted by molar-refractivity contribution is 5.89.